The smallest absolute Gasteiger partial charge is 0.339 e. The van der Waals surface area contributed by atoms with E-state index in [9.17, 15) is 9.59 Å². The van der Waals surface area contributed by atoms with Crippen molar-refractivity contribution in [1.29, 1.82) is 0 Å². The minimum Gasteiger partial charge on any atom is -0.493 e. The molecule has 0 bridgehead atoms. The van der Waals surface area contributed by atoms with Gasteiger partial charge >= 0.3 is 5.63 Å². The first-order chi connectivity index (χ1) is 13.5. The lowest BCUT2D eigenvalue weighted by atomic mass is 9.99. The molecule has 4 rings (SSSR count). The maximum atomic E-state index is 12.5. The highest BCUT2D eigenvalue weighted by Gasteiger charge is 2.23. The Kier molecular flexibility index (Phi) is 4.90. The molecule has 0 spiro atoms. The number of nitrogens with one attached hydrogen (secondary N) is 1. The van der Waals surface area contributed by atoms with Gasteiger partial charge in [-0.15, -0.1) is 0 Å². The van der Waals surface area contributed by atoms with E-state index >= 15 is 0 Å². The summed E-state index contributed by atoms with van der Waals surface area (Å²) >= 11 is 0. The summed E-state index contributed by atoms with van der Waals surface area (Å²) in [5, 5.41) is 3.99. The Morgan fingerprint density at radius 2 is 2.00 bits per heavy atom. The fraction of sp³-hybridized carbons (Fsp3) is 0.304. The van der Waals surface area contributed by atoms with E-state index in [1.54, 1.807) is 0 Å². The van der Waals surface area contributed by atoms with E-state index in [-0.39, 0.29) is 24.0 Å². The molecule has 144 valence electrons. The molecule has 1 aliphatic rings. The van der Waals surface area contributed by atoms with Crippen molar-refractivity contribution in [3.05, 3.63) is 75.1 Å². The number of benzene rings is 2. The third-order valence-corrected chi connectivity index (χ3v) is 5.34. The molecular formula is C23H23NO4. The minimum absolute atomic E-state index is 0.0606. The van der Waals surface area contributed by atoms with Gasteiger partial charge in [-0.3, -0.25) is 4.79 Å². The maximum absolute atomic E-state index is 12.5. The molecule has 0 radical (unpaired) electrons. The number of hydrogen-bond donors (Lipinski definition) is 1. The standard InChI is InChI=1S/C23H23NO4/c1-14-7-8-16-15(2)17(23(26)28-21(16)13-14)9-10-22(25)24-19-11-12-27-20-6-4-3-5-18(19)20/h3-8,13,19H,9-12H2,1-2H3,(H,24,25). The first kappa shape index (κ1) is 18.3. The van der Waals surface area contributed by atoms with Crippen molar-refractivity contribution in [1.82, 2.24) is 5.32 Å². The zero-order valence-electron chi connectivity index (χ0n) is 16.1. The fourth-order valence-corrected chi connectivity index (χ4v) is 3.79. The van der Waals surface area contributed by atoms with Crippen LogP contribution in [0, 0.1) is 13.8 Å². The molecule has 5 heteroatoms. The zero-order chi connectivity index (χ0) is 19.7. The summed E-state index contributed by atoms with van der Waals surface area (Å²) in [6, 6.07) is 13.5. The van der Waals surface area contributed by atoms with Crippen molar-refractivity contribution in [3.63, 3.8) is 0 Å². The summed E-state index contributed by atoms with van der Waals surface area (Å²) in [4.78, 5) is 25.0. The molecule has 28 heavy (non-hydrogen) atoms. The van der Waals surface area contributed by atoms with Crippen LogP contribution in [0.3, 0.4) is 0 Å². The SMILES string of the molecule is Cc1ccc2c(C)c(CCC(=O)NC3CCOc4ccccc43)c(=O)oc2c1. The van der Waals surface area contributed by atoms with Gasteiger partial charge in [0.2, 0.25) is 5.91 Å². The molecule has 0 fully saturated rings. The molecule has 3 aromatic rings. The van der Waals surface area contributed by atoms with E-state index in [4.69, 9.17) is 9.15 Å². The lowest BCUT2D eigenvalue weighted by Gasteiger charge is -2.26. The normalized spacial score (nSPS) is 15.7. The second kappa shape index (κ2) is 7.50. The van der Waals surface area contributed by atoms with Gasteiger partial charge in [0.25, 0.3) is 0 Å². The molecule has 2 aromatic carbocycles. The third-order valence-electron chi connectivity index (χ3n) is 5.34. The molecule has 0 saturated carbocycles. The number of ether oxygens (including phenoxy) is 1. The van der Waals surface area contributed by atoms with Gasteiger partial charge in [0.15, 0.2) is 0 Å². The molecule has 5 nitrogen and oxygen atoms in total. The van der Waals surface area contributed by atoms with Gasteiger partial charge in [-0.2, -0.15) is 0 Å². The average molecular weight is 377 g/mol. The van der Waals surface area contributed by atoms with Crippen LogP contribution in [0.25, 0.3) is 11.0 Å². The first-order valence-electron chi connectivity index (χ1n) is 9.57. The summed E-state index contributed by atoms with van der Waals surface area (Å²) < 4.78 is 11.1. The molecule has 1 atom stereocenters. The van der Waals surface area contributed by atoms with Gasteiger partial charge in [0.1, 0.15) is 11.3 Å². The van der Waals surface area contributed by atoms with E-state index in [0.29, 0.717) is 24.2 Å². The molecule has 1 N–H and O–H groups in total. The maximum Gasteiger partial charge on any atom is 0.339 e. The van der Waals surface area contributed by atoms with E-state index in [1.165, 1.54) is 0 Å². The highest BCUT2D eigenvalue weighted by Crippen LogP contribution is 2.31. The van der Waals surface area contributed by atoms with E-state index < -0.39 is 0 Å². The van der Waals surface area contributed by atoms with Crippen molar-refractivity contribution >= 4 is 16.9 Å². The van der Waals surface area contributed by atoms with Gasteiger partial charge in [-0.1, -0.05) is 30.3 Å². The van der Waals surface area contributed by atoms with Crippen LogP contribution in [0.1, 0.15) is 41.1 Å². The summed E-state index contributed by atoms with van der Waals surface area (Å²) in [6.45, 7) is 4.45. The van der Waals surface area contributed by atoms with Gasteiger partial charge in [-0.25, -0.2) is 4.79 Å². The average Bonchev–Trinajstić information content (AvgIpc) is 2.68. The topological polar surface area (TPSA) is 68.5 Å². The van der Waals surface area contributed by atoms with Crippen LogP contribution in [0.4, 0.5) is 0 Å². The summed E-state index contributed by atoms with van der Waals surface area (Å²) in [5.74, 6) is 0.741. The van der Waals surface area contributed by atoms with Crippen molar-refractivity contribution < 1.29 is 13.9 Å². The molecule has 1 unspecified atom stereocenters. The fourth-order valence-electron chi connectivity index (χ4n) is 3.79. The second-order valence-electron chi connectivity index (χ2n) is 7.29. The number of carbonyl (C=O) groups is 1. The molecule has 0 aliphatic carbocycles. The quantitative estimate of drug-likeness (QED) is 0.698. The molecule has 0 saturated heterocycles. The Bertz CT molecular complexity index is 1100. The summed E-state index contributed by atoms with van der Waals surface area (Å²) in [6.07, 6.45) is 1.33. The Hall–Kier alpha value is -3.08. The number of aryl methyl sites for hydroxylation is 2. The van der Waals surface area contributed by atoms with Gasteiger partial charge in [0.05, 0.1) is 12.6 Å². The van der Waals surface area contributed by atoms with Crippen molar-refractivity contribution in [3.8, 4) is 5.75 Å². The van der Waals surface area contributed by atoms with E-state index in [2.05, 4.69) is 5.32 Å². The second-order valence-corrected chi connectivity index (χ2v) is 7.29. The number of fused-ring (bicyclic) bond motifs is 2. The van der Waals surface area contributed by atoms with Crippen molar-refractivity contribution in [2.75, 3.05) is 6.61 Å². The van der Waals surface area contributed by atoms with Gasteiger partial charge in [0, 0.05) is 29.4 Å². The Balaban J connectivity index is 1.49. The number of hydrogen-bond acceptors (Lipinski definition) is 4. The predicted octanol–water partition coefficient (Wildman–Crippen LogP) is 3.98. The van der Waals surface area contributed by atoms with Crippen LogP contribution in [-0.2, 0) is 11.2 Å². The zero-order valence-corrected chi connectivity index (χ0v) is 16.1. The lowest BCUT2D eigenvalue weighted by Crippen LogP contribution is -2.32. The van der Waals surface area contributed by atoms with E-state index in [1.807, 2.05) is 56.3 Å². The van der Waals surface area contributed by atoms with Crippen molar-refractivity contribution in [2.24, 2.45) is 0 Å². The number of rotatable bonds is 4. The van der Waals surface area contributed by atoms with Crippen LogP contribution >= 0.6 is 0 Å². The van der Waals surface area contributed by atoms with Crippen molar-refractivity contribution in [2.45, 2.75) is 39.2 Å². The predicted molar refractivity (Wildman–Crippen MR) is 108 cm³/mol. The molecule has 2 heterocycles. The monoisotopic (exact) mass is 377 g/mol. The Morgan fingerprint density at radius 3 is 2.86 bits per heavy atom. The highest BCUT2D eigenvalue weighted by molar-refractivity contribution is 5.82. The third kappa shape index (κ3) is 3.52. The first-order valence-corrected chi connectivity index (χ1v) is 9.57. The van der Waals surface area contributed by atoms with Crippen LogP contribution in [0.5, 0.6) is 5.75 Å². The Morgan fingerprint density at radius 1 is 1.18 bits per heavy atom. The van der Waals surface area contributed by atoms with E-state index in [0.717, 1.165) is 34.2 Å². The molecule has 1 amide bonds. The largest absolute Gasteiger partial charge is 0.493 e. The minimum atomic E-state index is -0.361. The summed E-state index contributed by atoms with van der Waals surface area (Å²) in [5.41, 5.74) is 3.72. The Labute approximate surface area is 163 Å². The number of carbonyl (C=O) groups excluding carboxylic acids is 1. The van der Waals surface area contributed by atoms with Crippen LogP contribution < -0.4 is 15.7 Å². The highest BCUT2D eigenvalue weighted by atomic mass is 16.5. The van der Waals surface area contributed by atoms with Crippen LogP contribution in [0.2, 0.25) is 0 Å². The molecule has 1 aliphatic heterocycles. The van der Waals surface area contributed by atoms with Gasteiger partial charge < -0.3 is 14.5 Å². The number of amides is 1. The van der Waals surface area contributed by atoms with Crippen LogP contribution in [0.15, 0.2) is 51.7 Å². The van der Waals surface area contributed by atoms with Gasteiger partial charge in [-0.05, 0) is 43.5 Å². The molecule has 1 aromatic heterocycles. The summed E-state index contributed by atoms with van der Waals surface area (Å²) in [7, 11) is 0. The number of para-hydroxylation sites is 1. The van der Waals surface area contributed by atoms with Crippen LogP contribution in [-0.4, -0.2) is 12.5 Å². The lowest BCUT2D eigenvalue weighted by molar-refractivity contribution is -0.122. The molecular weight excluding hydrogens is 354 g/mol.